The van der Waals surface area contributed by atoms with Crippen molar-refractivity contribution in [3.63, 3.8) is 0 Å². The standard InChI is InChI=1S/C13H19NO3/c1-10(14-9-8-13(15)17-3)11-6-4-5-7-12(11)16-2/h4-7,10,14H,8-9H2,1-3H3/t10-/m1/s1. The van der Waals surface area contributed by atoms with Crippen LogP contribution in [0.1, 0.15) is 24.9 Å². The first-order valence-electron chi connectivity index (χ1n) is 5.62. The summed E-state index contributed by atoms with van der Waals surface area (Å²) in [4.78, 5) is 11.0. The van der Waals surface area contributed by atoms with E-state index in [0.29, 0.717) is 13.0 Å². The van der Waals surface area contributed by atoms with Crippen LogP contribution in [-0.4, -0.2) is 26.7 Å². The molecule has 1 atom stereocenters. The van der Waals surface area contributed by atoms with Crippen molar-refractivity contribution < 1.29 is 14.3 Å². The molecule has 0 unspecified atom stereocenters. The quantitative estimate of drug-likeness (QED) is 0.768. The average Bonchev–Trinajstić information content (AvgIpc) is 2.38. The first-order valence-corrected chi connectivity index (χ1v) is 5.62. The van der Waals surface area contributed by atoms with Crippen molar-refractivity contribution in [1.29, 1.82) is 0 Å². The minimum Gasteiger partial charge on any atom is -0.496 e. The van der Waals surface area contributed by atoms with Gasteiger partial charge in [-0.1, -0.05) is 18.2 Å². The monoisotopic (exact) mass is 237 g/mol. The fourth-order valence-electron chi connectivity index (χ4n) is 1.63. The van der Waals surface area contributed by atoms with Gasteiger partial charge in [-0.25, -0.2) is 0 Å². The highest BCUT2D eigenvalue weighted by Gasteiger charge is 2.10. The Morgan fingerprint density at radius 3 is 2.71 bits per heavy atom. The summed E-state index contributed by atoms with van der Waals surface area (Å²) in [5.74, 6) is 0.648. The summed E-state index contributed by atoms with van der Waals surface area (Å²) in [7, 11) is 3.05. The van der Waals surface area contributed by atoms with Crippen LogP contribution in [0.25, 0.3) is 0 Å². The summed E-state index contributed by atoms with van der Waals surface area (Å²) in [6, 6.07) is 7.97. The Bertz CT molecular complexity index is 365. The van der Waals surface area contributed by atoms with E-state index in [0.717, 1.165) is 11.3 Å². The van der Waals surface area contributed by atoms with Gasteiger partial charge < -0.3 is 14.8 Å². The van der Waals surface area contributed by atoms with E-state index in [2.05, 4.69) is 10.1 Å². The van der Waals surface area contributed by atoms with Gasteiger partial charge in [0.05, 0.1) is 20.6 Å². The Kier molecular flexibility index (Phi) is 5.49. The molecule has 0 bridgehead atoms. The summed E-state index contributed by atoms with van der Waals surface area (Å²) in [6.45, 7) is 2.63. The van der Waals surface area contributed by atoms with E-state index in [1.54, 1.807) is 7.11 Å². The molecular formula is C13H19NO3. The van der Waals surface area contributed by atoms with Gasteiger partial charge >= 0.3 is 5.97 Å². The molecule has 0 radical (unpaired) electrons. The Hall–Kier alpha value is -1.55. The molecule has 0 aliphatic carbocycles. The van der Waals surface area contributed by atoms with Crippen LogP contribution in [0.3, 0.4) is 0 Å². The second kappa shape index (κ2) is 6.91. The molecule has 1 rings (SSSR count). The molecule has 0 saturated heterocycles. The summed E-state index contributed by atoms with van der Waals surface area (Å²) >= 11 is 0. The van der Waals surface area contributed by atoms with Crippen molar-refractivity contribution in [2.24, 2.45) is 0 Å². The van der Waals surface area contributed by atoms with Crippen molar-refractivity contribution in [1.82, 2.24) is 5.32 Å². The molecule has 1 aromatic carbocycles. The van der Waals surface area contributed by atoms with E-state index in [9.17, 15) is 4.79 Å². The van der Waals surface area contributed by atoms with E-state index < -0.39 is 0 Å². The predicted molar refractivity (Wildman–Crippen MR) is 66.0 cm³/mol. The maximum Gasteiger partial charge on any atom is 0.306 e. The second-order valence-electron chi connectivity index (χ2n) is 3.74. The van der Waals surface area contributed by atoms with Crippen molar-refractivity contribution in [3.8, 4) is 5.75 Å². The Morgan fingerprint density at radius 2 is 2.06 bits per heavy atom. The van der Waals surface area contributed by atoms with Gasteiger partial charge in [-0.2, -0.15) is 0 Å². The van der Waals surface area contributed by atoms with Crippen molar-refractivity contribution in [2.45, 2.75) is 19.4 Å². The molecule has 17 heavy (non-hydrogen) atoms. The minimum absolute atomic E-state index is 0.135. The van der Waals surface area contributed by atoms with Crippen molar-refractivity contribution >= 4 is 5.97 Å². The number of hydrogen-bond donors (Lipinski definition) is 1. The Balaban J connectivity index is 2.51. The van der Waals surface area contributed by atoms with Crippen molar-refractivity contribution in [2.75, 3.05) is 20.8 Å². The number of carbonyl (C=O) groups is 1. The van der Waals surface area contributed by atoms with Gasteiger partial charge in [0.25, 0.3) is 0 Å². The van der Waals surface area contributed by atoms with Gasteiger partial charge in [0.2, 0.25) is 0 Å². The van der Waals surface area contributed by atoms with Crippen LogP contribution in [0.2, 0.25) is 0 Å². The SMILES string of the molecule is COC(=O)CCN[C@H](C)c1ccccc1OC. The number of methoxy groups -OCH3 is 2. The first-order chi connectivity index (χ1) is 8.19. The zero-order valence-corrected chi connectivity index (χ0v) is 10.5. The minimum atomic E-state index is -0.204. The van der Waals surface area contributed by atoms with E-state index in [4.69, 9.17) is 4.74 Å². The molecule has 4 heteroatoms. The fraction of sp³-hybridized carbons (Fsp3) is 0.462. The highest BCUT2D eigenvalue weighted by atomic mass is 16.5. The molecule has 1 aromatic rings. The third-order valence-corrected chi connectivity index (χ3v) is 2.61. The van der Waals surface area contributed by atoms with Crippen LogP contribution < -0.4 is 10.1 Å². The third kappa shape index (κ3) is 4.07. The van der Waals surface area contributed by atoms with Gasteiger partial charge in [-0.15, -0.1) is 0 Å². The average molecular weight is 237 g/mol. The molecule has 0 saturated carbocycles. The smallest absolute Gasteiger partial charge is 0.306 e. The summed E-state index contributed by atoms with van der Waals surface area (Å²) in [5.41, 5.74) is 1.08. The molecule has 0 aliphatic rings. The lowest BCUT2D eigenvalue weighted by molar-refractivity contribution is -0.140. The molecule has 0 aliphatic heterocycles. The van der Waals surface area contributed by atoms with Crippen LogP contribution in [0, 0.1) is 0 Å². The first kappa shape index (κ1) is 13.5. The third-order valence-electron chi connectivity index (χ3n) is 2.61. The van der Waals surface area contributed by atoms with Crippen LogP contribution in [0.4, 0.5) is 0 Å². The van der Waals surface area contributed by atoms with Crippen molar-refractivity contribution in [3.05, 3.63) is 29.8 Å². The van der Waals surface area contributed by atoms with Gasteiger partial charge in [0, 0.05) is 18.2 Å². The molecule has 0 aromatic heterocycles. The van der Waals surface area contributed by atoms with Gasteiger partial charge in [-0.05, 0) is 13.0 Å². The van der Waals surface area contributed by atoms with Gasteiger partial charge in [0.1, 0.15) is 5.75 Å². The number of ether oxygens (including phenoxy) is 2. The number of carbonyl (C=O) groups excluding carboxylic acids is 1. The number of para-hydroxylation sites is 1. The normalized spacial score (nSPS) is 11.9. The lowest BCUT2D eigenvalue weighted by Crippen LogP contribution is -2.22. The second-order valence-corrected chi connectivity index (χ2v) is 3.74. The lowest BCUT2D eigenvalue weighted by atomic mass is 10.1. The van der Waals surface area contributed by atoms with E-state index in [-0.39, 0.29) is 12.0 Å². The van der Waals surface area contributed by atoms with Crippen LogP contribution in [0.5, 0.6) is 5.75 Å². The van der Waals surface area contributed by atoms with Gasteiger partial charge in [0.15, 0.2) is 0 Å². The van der Waals surface area contributed by atoms with E-state index >= 15 is 0 Å². The number of rotatable bonds is 6. The fourth-order valence-corrected chi connectivity index (χ4v) is 1.63. The largest absolute Gasteiger partial charge is 0.496 e. The zero-order chi connectivity index (χ0) is 12.7. The molecule has 0 heterocycles. The highest BCUT2D eigenvalue weighted by Crippen LogP contribution is 2.23. The predicted octanol–water partition coefficient (Wildman–Crippen LogP) is 1.91. The lowest BCUT2D eigenvalue weighted by Gasteiger charge is -2.16. The summed E-state index contributed by atoms with van der Waals surface area (Å²) in [6.07, 6.45) is 0.371. The number of nitrogens with one attached hydrogen (secondary N) is 1. The van der Waals surface area contributed by atoms with Gasteiger partial charge in [-0.3, -0.25) is 4.79 Å². The maximum absolute atomic E-state index is 11.0. The number of esters is 1. The summed E-state index contributed by atoms with van der Waals surface area (Å²) in [5, 5.41) is 3.26. The Labute approximate surface area is 102 Å². The number of benzene rings is 1. The Morgan fingerprint density at radius 1 is 1.35 bits per heavy atom. The number of hydrogen-bond acceptors (Lipinski definition) is 4. The molecule has 0 amide bonds. The van der Waals surface area contributed by atoms with Crippen LogP contribution >= 0.6 is 0 Å². The van der Waals surface area contributed by atoms with Crippen LogP contribution in [0.15, 0.2) is 24.3 Å². The highest BCUT2D eigenvalue weighted by molar-refractivity contribution is 5.69. The molecule has 1 N–H and O–H groups in total. The molecule has 4 nitrogen and oxygen atoms in total. The zero-order valence-electron chi connectivity index (χ0n) is 10.5. The van der Waals surface area contributed by atoms with E-state index in [1.165, 1.54) is 7.11 Å². The molecule has 0 spiro atoms. The van der Waals surface area contributed by atoms with E-state index in [1.807, 2.05) is 31.2 Å². The molecular weight excluding hydrogens is 218 g/mol. The van der Waals surface area contributed by atoms with Crippen LogP contribution in [-0.2, 0) is 9.53 Å². The molecule has 94 valence electrons. The topological polar surface area (TPSA) is 47.6 Å². The summed E-state index contributed by atoms with van der Waals surface area (Å²) < 4.78 is 9.86. The maximum atomic E-state index is 11.0. The molecule has 0 fully saturated rings.